The summed E-state index contributed by atoms with van der Waals surface area (Å²) < 4.78 is 11.7. The Morgan fingerprint density at radius 3 is 2.07 bits per heavy atom. The van der Waals surface area contributed by atoms with Crippen LogP contribution in [-0.4, -0.2) is 38.9 Å². The maximum atomic E-state index is 6.40. The highest BCUT2D eigenvalue weighted by Crippen LogP contribution is 2.51. The molecule has 0 saturated carbocycles. The molecule has 2 heterocycles. The van der Waals surface area contributed by atoms with E-state index in [0.29, 0.717) is 5.92 Å². The Labute approximate surface area is 175 Å². The molecule has 4 heteroatoms. The van der Waals surface area contributed by atoms with Gasteiger partial charge >= 0.3 is 0 Å². The van der Waals surface area contributed by atoms with E-state index in [-0.39, 0.29) is 5.60 Å². The molecule has 2 aromatic carbocycles. The second-order valence-electron chi connectivity index (χ2n) is 9.07. The summed E-state index contributed by atoms with van der Waals surface area (Å²) in [5.41, 5.74) is 8.02. The van der Waals surface area contributed by atoms with Crippen LogP contribution in [0.3, 0.4) is 0 Å². The minimum Gasteiger partial charge on any atom is -0.497 e. The fraction of sp³-hybridized carbons (Fsp3) is 0.520. The van der Waals surface area contributed by atoms with Gasteiger partial charge in [0.25, 0.3) is 0 Å². The summed E-state index contributed by atoms with van der Waals surface area (Å²) in [6.45, 7) is 17.6. The molecule has 0 spiro atoms. The summed E-state index contributed by atoms with van der Waals surface area (Å²) in [5.74, 6) is 2.43. The number of rotatable bonds is 3. The van der Waals surface area contributed by atoms with Crippen LogP contribution >= 0.6 is 0 Å². The van der Waals surface area contributed by atoms with Gasteiger partial charge in [-0.15, -0.1) is 0 Å². The molecule has 0 aliphatic carbocycles. The molecule has 1 unspecified atom stereocenters. The van der Waals surface area contributed by atoms with E-state index in [0.717, 1.165) is 37.7 Å². The summed E-state index contributed by atoms with van der Waals surface area (Å²) in [5, 5.41) is 0. The number of anilines is 2. The number of fused-ring (bicyclic) bond motifs is 1. The molecular formula is C25H34N2O2. The van der Waals surface area contributed by atoms with Crippen molar-refractivity contribution in [3.8, 4) is 11.5 Å². The molecule has 2 aromatic rings. The molecular weight excluding hydrogens is 360 g/mol. The Kier molecular flexibility index (Phi) is 4.92. The van der Waals surface area contributed by atoms with Gasteiger partial charge in [-0.05, 0) is 75.6 Å². The van der Waals surface area contributed by atoms with Gasteiger partial charge in [-0.1, -0.05) is 6.92 Å². The third-order valence-electron chi connectivity index (χ3n) is 7.14. The Bertz CT molecular complexity index is 910. The van der Waals surface area contributed by atoms with Crippen LogP contribution in [0.4, 0.5) is 11.4 Å². The standard InChI is InChI=1S/C25H34N2O2/c1-16-17(2)24-22(19(4)25(5,6)29-24)18(3)23(16)27-14-12-26(13-15-27)20-8-10-21(28-7)11-9-20/h8-11,19H,12-15H2,1-7H3. The molecule has 29 heavy (non-hydrogen) atoms. The first-order valence-corrected chi connectivity index (χ1v) is 10.7. The zero-order chi connectivity index (χ0) is 20.9. The van der Waals surface area contributed by atoms with Crippen molar-refractivity contribution >= 4 is 11.4 Å². The van der Waals surface area contributed by atoms with Gasteiger partial charge in [0.1, 0.15) is 17.1 Å². The van der Waals surface area contributed by atoms with E-state index in [1.807, 2.05) is 12.1 Å². The summed E-state index contributed by atoms with van der Waals surface area (Å²) in [4.78, 5) is 5.05. The third kappa shape index (κ3) is 3.23. The van der Waals surface area contributed by atoms with E-state index in [4.69, 9.17) is 9.47 Å². The molecule has 4 nitrogen and oxygen atoms in total. The average molecular weight is 395 g/mol. The topological polar surface area (TPSA) is 24.9 Å². The number of piperazine rings is 1. The first kappa shape index (κ1) is 19.9. The van der Waals surface area contributed by atoms with Gasteiger partial charge < -0.3 is 19.3 Å². The highest BCUT2D eigenvalue weighted by Gasteiger charge is 2.41. The molecule has 0 aromatic heterocycles. The highest BCUT2D eigenvalue weighted by molar-refractivity contribution is 5.71. The predicted molar refractivity (Wildman–Crippen MR) is 121 cm³/mol. The summed E-state index contributed by atoms with van der Waals surface area (Å²) >= 11 is 0. The van der Waals surface area contributed by atoms with Gasteiger partial charge in [-0.2, -0.15) is 0 Å². The highest BCUT2D eigenvalue weighted by atomic mass is 16.5. The van der Waals surface area contributed by atoms with Crippen LogP contribution in [0.5, 0.6) is 11.5 Å². The number of methoxy groups -OCH3 is 1. The Balaban J connectivity index is 1.59. The third-order valence-corrected chi connectivity index (χ3v) is 7.14. The molecule has 1 fully saturated rings. The van der Waals surface area contributed by atoms with E-state index in [2.05, 4.69) is 63.5 Å². The SMILES string of the molecule is COc1ccc(N2CCN(c3c(C)c(C)c4c(c3C)C(C)C(C)(C)O4)CC2)cc1. The lowest BCUT2D eigenvalue weighted by molar-refractivity contribution is 0.115. The molecule has 0 bridgehead atoms. The number of nitrogens with zero attached hydrogens (tertiary/aromatic N) is 2. The summed E-state index contributed by atoms with van der Waals surface area (Å²) in [6.07, 6.45) is 0. The molecule has 4 rings (SSSR count). The fourth-order valence-electron chi connectivity index (χ4n) is 4.94. The molecule has 156 valence electrons. The monoisotopic (exact) mass is 394 g/mol. The second-order valence-corrected chi connectivity index (χ2v) is 9.07. The van der Waals surface area contributed by atoms with Crippen molar-refractivity contribution in [1.29, 1.82) is 0 Å². The van der Waals surface area contributed by atoms with Crippen LogP contribution in [-0.2, 0) is 0 Å². The van der Waals surface area contributed by atoms with Gasteiger partial charge in [0.2, 0.25) is 0 Å². The van der Waals surface area contributed by atoms with Crippen molar-refractivity contribution in [2.24, 2.45) is 0 Å². The lowest BCUT2D eigenvalue weighted by Crippen LogP contribution is -2.47. The molecule has 1 saturated heterocycles. The number of hydrogen-bond acceptors (Lipinski definition) is 4. The van der Waals surface area contributed by atoms with Crippen molar-refractivity contribution in [2.75, 3.05) is 43.1 Å². The Hall–Kier alpha value is -2.36. The van der Waals surface area contributed by atoms with Crippen LogP contribution in [0.25, 0.3) is 0 Å². The average Bonchev–Trinajstić information content (AvgIpc) is 2.97. The predicted octanol–water partition coefficient (Wildman–Crippen LogP) is 5.22. The van der Waals surface area contributed by atoms with Gasteiger partial charge in [-0.3, -0.25) is 0 Å². The smallest absolute Gasteiger partial charge is 0.127 e. The van der Waals surface area contributed by atoms with Gasteiger partial charge in [0, 0.05) is 49.0 Å². The Morgan fingerprint density at radius 1 is 0.897 bits per heavy atom. The van der Waals surface area contributed by atoms with Crippen LogP contribution < -0.4 is 19.3 Å². The first-order chi connectivity index (χ1) is 13.7. The molecule has 2 aliphatic heterocycles. The fourth-order valence-corrected chi connectivity index (χ4v) is 4.94. The minimum absolute atomic E-state index is 0.143. The van der Waals surface area contributed by atoms with E-state index < -0.39 is 0 Å². The van der Waals surface area contributed by atoms with Crippen molar-refractivity contribution in [3.63, 3.8) is 0 Å². The van der Waals surface area contributed by atoms with Crippen LogP contribution in [0.15, 0.2) is 24.3 Å². The Morgan fingerprint density at radius 2 is 1.48 bits per heavy atom. The molecule has 0 amide bonds. The van der Waals surface area contributed by atoms with Crippen molar-refractivity contribution in [2.45, 2.75) is 53.1 Å². The number of ether oxygens (including phenoxy) is 2. The second kappa shape index (κ2) is 7.16. The van der Waals surface area contributed by atoms with Crippen molar-refractivity contribution < 1.29 is 9.47 Å². The normalized spacial score (nSPS) is 20.4. The maximum absolute atomic E-state index is 6.40. The van der Waals surface area contributed by atoms with E-state index >= 15 is 0 Å². The summed E-state index contributed by atoms with van der Waals surface area (Å²) in [6, 6.07) is 8.41. The van der Waals surface area contributed by atoms with Crippen molar-refractivity contribution in [1.82, 2.24) is 0 Å². The zero-order valence-corrected chi connectivity index (χ0v) is 18.9. The molecule has 1 atom stereocenters. The van der Waals surface area contributed by atoms with Crippen LogP contribution in [0, 0.1) is 20.8 Å². The minimum atomic E-state index is -0.143. The van der Waals surface area contributed by atoms with E-state index in [9.17, 15) is 0 Å². The lowest BCUT2D eigenvalue weighted by atomic mass is 9.84. The van der Waals surface area contributed by atoms with Crippen LogP contribution in [0.2, 0.25) is 0 Å². The van der Waals surface area contributed by atoms with E-state index in [1.165, 1.54) is 33.6 Å². The van der Waals surface area contributed by atoms with E-state index in [1.54, 1.807) is 7.11 Å². The quantitative estimate of drug-likeness (QED) is 0.712. The van der Waals surface area contributed by atoms with Gasteiger partial charge in [0.05, 0.1) is 7.11 Å². The lowest BCUT2D eigenvalue weighted by Gasteiger charge is -2.39. The van der Waals surface area contributed by atoms with Gasteiger partial charge in [0.15, 0.2) is 0 Å². The zero-order valence-electron chi connectivity index (χ0n) is 18.9. The largest absolute Gasteiger partial charge is 0.497 e. The molecule has 0 radical (unpaired) electrons. The summed E-state index contributed by atoms with van der Waals surface area (Å²) in [7, 11) is 1.71. The maximum Gasteiger partial charge on any atom is 0.127 e. The molecule has 2 aliphatic rings. The van der Waals surface area contributed by atoms with Gasteiger partial charge in [-0.25, -0.2) is 0 Å². The molecule has 0 N–H and O–H groups in total. The number of hydrogen-bond donors (Lipinski definition) is 0. The van der Waals surface area contributed by atoms with Crippen molar-refractivity contribution in [3.05, 3.63) is 46.5 Å². The first-order valence-electron chi connectivity index (χ1n) is 10.7. The van der Waals surface area contributed by atoms with Crippen LogP contribution in [0.1, 0.15) is 48.9 Å². The number of benzene rings is 2.